The molecule has 18 heavy (non-hydrogen) atoms. The SMILES string of the molecule is CCCCOC(=O)Oc1cc(N)ccc1C(=O)O. The second-order valence-corrected chi connectivity index (χ2v) is 3.61. The van der Waals surface area contributed by atoms with E-state index in [0.29, 0.717) is 5.69 Å². The lowest BCUT2D eigenvalue weighted by atomic mass is 10.2. The Bertz CT molecular complexity index is 444. The summed E-state index contributed by atoms with van der Waals surface area (Å²) in [5.41, 5.74) is 5.66. The highest BCUT2D eigenvalue weighted by atomic mass is 16.7. The summed E-state index contributed by atoms with van der Waals surface area (Å²) in [6, 6.07) is 3.95. The summed E-state index contributed by atoms with van der Waals surface area (Å²) in [6.45, 7) is 2.19. The summed E-state index contributed by atoms with van der Waals surface area (Å²) in [7, 11) is 0. The predicted molar refractivity (Wildman–Crippen MR) is 64.7 cm³/mol. The van der Waals surface area contributed by atoms with E-state index >= 15 is 0 Å². The molecule has 1 rings (SSSR count). The van der Waals surface area contributed by atoms with Crippen LogP contribution in [0.1, 0.15) is 30.1 Å². The molecular weight excluding hydrogens is 238 g/mol. The number of carboxylic acids is 1. The highest BCUT2D eigenvalue weighted by molar-refractivity contribution is 5.92. The number of carbonyl (C=O) groups is 2. The van der Waals surface area contributed by atoms with Gasteiger partial charge in [0.2, 0.25) is 0 Å². The Morgan fingerprint density at radius 2 is 2.11 bits per heavy atom. The monoisotopic (exact) mass is 253 g/mol. The maximum absolute atomic E-state index is 11.3. The zero-order valence-corrected chi connectivity index (χ0v) is 10.0. The summed E-state index contributed by atoms with van der Waals surface area (Å²) in [5.74, 6) is -1.32. The molecule has 98 valence electrons. The average molecular weight is 253 g/mol. The normalized spacial score (nSPS) is 9.83. The lowest BCUT2D eigenvalue weighted by Crippen LogP contribution is -2.14. The van der Waals surface area contributed by atoms with Crippen LogP contribution in [0.3, 0.4) is 0 Å². The van der Waals surface area contributed by atoms with Crippen molar-refractivity contribution in [3.8, 4) is 5.75 Å². The Kier molecular flexibility index (Phi) is 4.98. The summed E-state index contributed by atoms with van der Waals surface area (Å²) in [4.78, 5) is 22.2. The van der Waals surface area contributed by atoms with Crippen LogP contribution in [0.4, 0.5) is 10.5 Å². The Hall–Kier alpha value is -2.24. The first-order chi connectivity index (χ1) is 8.54. The molecule has 1 aromatic carbocycles. The van der Waals surface area contributed by atoms with Gasteiger partial charge in [-0.3, -0.25) is 0 Å². The van der Waals surface area contributed by atoms with E-state index in [9.17, 15) is 9.59 Å². The number of unbranched alkanes of at least 4 members (excludes halogenated alkanes) is 1. The Labute approximate surface area is 104 Å². The lowest BCUT2D eigenvalue weighted by molar-refractivity contribution is 0.0689. The van der Waals surface area contributed by atoms with E-state index in [1.54, 1.807) is 0 Å². The maximum atomic E-state index is 11.3. The molecule has 0 fully saturated rings. The fraction of sp³-hybridized carbons (Fsp3) is 0.333. The molecule has 1 aromatic rings. The molecule has 0 bridgehead atoms. The van der Waals surface area contributed by atoms with Crippen molar-refractivity contribution in [3.63, 3.8) is 0 Å². The third kappa shape index (κ3) is 3.97. The number of carboxylic acid groups (broad SMARTS) is 1. The number of nitrogen functional groups attached to an aromatic ring is 1. The number of carbonyl (C=O) groups excluding carboxylic acids is 1. The van der Waals surface area contributed by atoms with Crippen LogP contribution < -0.4 is 10.5 Å². The van der Waals surface area contributed by atoms with E-state index in [1.807, 2.05) is 6.92 Å². The van der Waals surface area contributed by atoms with Crippen molar-refractivity contribution in [1.82, 2.24) is 0 Å². The molecule has 0 spiro atoms. The minimum atomic E-state index is -1.20. The van der Waals surface area contributed by atoms with E-state index in [4.69, 9.17) is 20.3 Å². The van der Waals surface area contributed by atoms with Gasteiger partial charge >= 0.3 is 12.1 Å². The van der Waals surface area contributed by atoms with Gasteiger partial charge in [-0.1, -0.05) is 13.3 Å². The van der Waals surface area contributed by atoms with E-state index in [-0.39, 0.29) is 17.9 Å². The number of rotatable bonds is 5. The Morgan fingerprint density at radius 3 is 2.72 bits per heavy atom. The van der Waals surface area contributed by atoms with Gasteiger partial charge in [0.15, 0.2) is 5.75 Å². The fourth-order valence-corrected chi connectivity index (χ4v) is 1.22. The highest BCUT2D eigenvalue weighted by Gasteiger charge is 2.15. The van der Waals surface area contributed by atoms with Crippen molar-refractivity contribution in [3.05, 3.63) is 23.8 Å². The van der Waals surface area contributed by atoms with E-state index < -0.39 is 12.1 Å². The van der Waals surface area contributed by atoms with Gasteiger partial charge in [0, 0.05) is 11.8 Å². The average Bonchev–Trinajstić information content (AvgIpc) is 2.29. The van der Waals surface area contributed by atoms with Crippen molar-refractivity contribution in [1.29, 1.82) is 0 Å². The van der Waals surface area contributed by atoms with E-state index in [2.05, 4.69) is 0 Å². The van der Waals surface area contributed by atoms with Crippen molar-refractivity contribution in [2.75, 3.05) is 12.3 Å². The molecule has 0 radical (unpaired) electrons. The first kappa shape index (κ1) is 13.8. The quantitative estimate of drug-likeness (QED) is 0.361. The summed E-state index contributed by atoms with van der Waals surface area (Å²) >= 11 is 0. The third-order valence-electron chi connectivity index (χ3n) is 2.15. The molecule has 0 amide bonds. The molecule has 0 aromatic heterocycles. The number of hydrogen-bond donors (Lipinski definition) is 2. The summed E-state index contributed by atoms with van der Waals surface area (Å²) in [5, 5.41) is 8.91. The van der Waals surface area contributed by atoms with Crippen LogP contribution in [0.15, 0.2) is 18.2 Å². The van der Waals surface area contributed by atoms with Crippen LogP contribution in [0.2, 0.25) is 0 Å². The van der Waals surface area contributed by atoms with Crippen LogP contribution in [-0.4, -0.2) is 23.8 Å². The number of nitrogens with two attached hydrogens (primary N) is 1. The number of aromatic carboxylic acids is 1. The van der Waals surface area contributed by atoms with Crippen LogP contribution in [0.5, 0.6) is 5.75 Å². The summed E-state index contributed by atoms with van der Waals surface area (Å²) in [6.07, 6.45) is 0.667. The molecule has 0 saturated carbocycles. The first-order valence-corrected chi connectivity index (χ1v) is 5.52. The van der Waals surface area contributed by atoms with Crippen LogP contribution in [-0.2, 0) is 4.74 Å². The molecule has 0 aliphatic rings. The van der Waals surface area contributed by atoms with Crippen molar-refractivity contribution < 1.29 is 24.2 Å². The predicted octanol–water partition coefficient (Wildman–Crippen LogP) is 2.28. The molecule has 6 heteroatoms. The van der Waals surface area contributed by atoms with Crippen LogP contribution >= 0.6 is 0 Å². The Balaban J connectivity index is 2.73. The van der Waals surface area contributed by atoms with E-state index in [0.717, 1.165) is 12.8 Å². The third-order valence-corrected chi connectivity index (χ3v) is 2.15. The van der Waals surface area contributed by atoms with Gasteiger partial charge in [0.1, 0.15) is 5.56 Å². The summed E-state index contributed by atoms with van der Waals surface area (Å²) < 4.78 is 9.58. The smallest absolute Gasteiger partial charge is 0.478 e. The largest absolute Gasteiger partial charge is 0.513 e. The standard InChI is InChI=1S/C12H15NO5/c1-2-3-6-17-12(16)18-10-7-8(13)4-5-9(10)11(14)15/h4-5,7H,2-3,6,13H2,1H3,(H,14,15). The molecular formula is C12H15NO5. The molecule has 0 unspecified atom stereocenters. The van der Waals surface area contributed by atoms with Crippen molar-refractivity contribution in [2.45, 2.75) is 19.8 Å². The van der Waals surface area contributed by atoms with Gasteiger partial charge in [-0.15, -0.1) is 0 Å². The van der Waals surface area contributed by atoms with Crippen LogP contribution in [0.25, 0.3) is 0 Å². The van der Waals surface area contributed by atoms with Gasteiger partial charge < -0.3 is 20.3 Å². The lowest BCUT2D eigenvalue weighted by Gasteiger charge is -2.08. The second kappa shape index (κ2) is 6.48. The number of ether oxygens (including phenoxy) is 2. The number of benzene rings is 1. The topological polar surface area (TPSA) is 98.9 Å². The molecule has 0 atom stereocenters. The zero-order valence-electron chi connectivity index (χ0n) is 10.0. The van der Waals surface area contributed by atoms with Crippen LogP contribution in [0, 0.1) is 0 Å². The number of hydrogen-bond acceptors (Lipinski definition) is 5. The minimum Gasteiger partial charge on any atom is -0.478 e. The van der Waals surface area contributed by atoms with Crippen molar-refractivity contribution >= 4 is 17.8 Å². The molecule has 6 nitrogen and oxygen atoms in total. The number of anilines is 1. The van der Waals surface area contributed by atoms with E-state index in [1.165, 1.54) is 18.2 Å². The zero-order chi connectivity index (χ0) is 13.5. The second-order valence-electron chi connectivity index (χ2n) is 3.61. The highest BCUT2D eigenvalue weighted by Crippen LogP contribution is 2.22. The van der Waals surface area contributed by atoms with Crippen molar-refractivity contribution in [2.24, 2.45) is 0 Å². The van der Waals surface area contributed by atoms with Gasteiger partial charge in [0.05, 0.1) is 6.61 Å². The Morgan fingerprint density at radius 1 is 1.39 bits per heavy atom. The fourth-order valence-electron chi connectivity index (χ4n) is 1.22. The van der Waals surface area contributed by atoms with Gasteiger partial charge in [0.25, 0.3) is 0 Å². The van der Waals surface area contributed by atoms with Gasteiger partial charge in [-0.2, -0.15) is 0 Å². The first-order valence-electron chi connectivity index (χ1n) is 5.52. The van der Waals surface area contributed by atoms with Gasteiger partial charge in [-0.05, 0) is 18.6 Å². The molecule has 0 saturated heterocycles. The molecule has 0 aliphatic carbocycles. The van der Waals surface area contributed by atoms with Gasteiger partial charge in [-0.25, -0.2) is 9.59 Å². The minimum absolute atomic E-state index is 0.121. The maximum Gasteiger partial charge on any atom is 0.513 e. The molecule has 0 aliphatic heterocycles. The molecule has 0 heterocycles. The molecule has 3 N–H and O–H groups in total.